The number of benzene rings is 1. The van der Waals surface area contributed by atoms with Crippen molar-refractivity contribution in [3.05, 3.63) is 109 Å². The van der Waals surface area contributed by atoms with E-state index >= 15 is 0 Å². The molecule has 0 aliphatic carbocycles. The first-order chi connectivity index (χ1) is 17.4. The van der Waals surface area contributed by atoms with Crippen molar-refractivity contribution in [2.75, 3.05) is 5.32 Å². The summed E-state index contributed by atoms with van der Waals surface area (Å²) in [4.78, 5) is 44.1. The fourth-order valence-electron chi connectivity index (χ4n) is 3.61. The molecule has 1 aromatic carbocycles. The molecule has 0 saturated carbocycles. The first kappa shape index (κ1) is 22.9. The summed E-state index contributed by atoms with van der Waals surface area (Å²) in [5.74, 6) is -1.22. The maximum Gasteiger partial charge on any atom is 0.433 e. The molecule has 0 spiro atoms. The number of aryl methyl sites for hydroxylation is 1. The number of nitro groups is 1. The van der Waals surface area contributed by atoms with Crippen LogP contribution in [-0.2, 0) is 6.42 Å². The first-order valence-corrected chi connectivity index (χ1v) is 11.6. The van der Waals surface area contributed by atoms with E-state index in [1.54, 1.807) is 13.0 Å². The largest absolute Gasteiger partial charge is 0.433 e. The van der Waals surface area contributed by atoms with Gasteiger partial charge in [-0.2, -0.15) is 9.78 Å². The minimum atomic E-state index is -0.732. The van der Waals surface area contributed by atoms with E-state index in [9.17, 15) is 19.7 Å². The number of amides is 1. The topological polar surface area (TPSA) is 149 Å². The average molecular weight is 503 g/mol. The summed E-state index contributed by atoms with van der Waals surface area (Å²) in [6.45, 7) is 1.74. The standard InChI is InChI=1S/C24H18N6O5S/c1-14-16(12-15-6-3-2-4-7-15)22(31)27-24(25-14)29-20(13-17(28-29)19-8-5-11-36-19)26-23(32)18-9-10-21(35-18)30(33)34/h2-11,13H,12H2,1H3,(H,26,32)(H,25,27,31). The third-order valence-electron chi connectivity index (χ3n) is 5.35. The highest BCUT2D eigenvalue weighted by molar-refractivity contribution is 7.13. The smallest absolute Gasteiger partial charge is 0.395 e. The predicted molar refractivity (Wildman–Crippen MR) is 133 cm³/mol. The summed E-state index contributed by atoms with van der Waals surface area (Å²) in [6.07, 6.45) is 0.412. The first-order valence-electron chi connectivity index (χ1n) is 10.7. The van der Waals surface area contributed by atoms with Gasteiger partial charge < -0.3 is 9.73 Å². The molecule has 0 fully saturated rings. The van der Waals surface area contributed by atoms with Gasteiger partial charge in [0, 0.05) is 18.1 Å². The van der Waals surface area contributed by atoms with Crippen LogP contribution in [0.25, 0.3) is 16.5 Å². The van der Waals surface area contributed by atoms with E-state index in [-0.39, 0.29) is 23.1 Å². The third kappa shape index (κ3) is 4.57. The van der Waals surface area contributed by atoms with Crippen LogP contribution in [-0.4, -0.2) is 30.6 Å². The Kier molecular flexibility index (Phi) is 6.00. The number of anilines is 1. The Balaban J connectivity index is 1.52. The van der Waals surface area contributed by atoms with Gasteiger partial charge >= 0.3 is 5.88 Å². The monoisotopic (exact) mass is 502 g/mol. The maximum atomic E-state index is 13.0. The summed E-state index contributed by atoms with van der Waals surface area (Å²) in [5.41, 5.74) is 2.22. The van der Waals surface area contributed by atoms with Crippen molar-refractivity contribution >= 4 is 28.9 Å². The Bertz CT molecular complexity index is 1620. The second kappa shape index (κ2) is 9.43. The van der Waals surface area contributed by atoms with Crippen molar-refractivity contribution in [3.8, 4) is 16.5 Å². The van der Waals surface area contributed by atoms with Crippen molar-refractivity contribution in [1.82, 2.24) is 19.7 Å². The number of carbonyl (C=O) groups excluding carboxylic acids is 1. The van der Waals surface area contributed by atoms with Crippen LogP contribution in [0.2, 0.25) is 0 Å². The van der Waals surface area contributed by atoms with Gasteiger partial charge in [0.1, 0.15) is 16.4 Å². The molecule has 12 heteroatoms. The highest BCUT2D eigenvalue weighted by atomic mass is 32.1. The van der Waals surface area contributed by atoms with E-state index < -0.39 is 16.7 Å². The second-order valence-electron chi connectivity index (χ2n) is 7.77. The summed E-state index contributed by atoms with van der Waals surface area (Å²) >= 11 is 1.45. The number of furan rings is 1. The Morgan fingerprint density at radius 3 is 2.67 bits per heavy atom. The lowest BCUT2D eigenvalue weighted by Gasteiger charge is -2.10. The van der Waals surface area contributed by atoms with Crippen molar-refractivity contribution in [1.29, 1.82) is 0 Å². The number of aromatic amines is 1. The number of hydrogen-bond acceptors (Lipinski definition) is 8. The summed E-state index contributed by atoms with van der Waals surface area (Å²) < 4.78 is 6.31. The van der Waals surface area contributed by atoms with Gasteiger partial charge in [0.2, 0.25) is 5.95 Å². The number of nitrogens with one attached hydrogen (secondary N) is 2. The molecular weight excluding hydrogens is 484 g/mol. The number of hydrogen-bond donors (Lipinski definition) is 2. The van der Waals surface area contributed by atoms with Crippen LogP contribution in [0.1, 0.15) is 27.4 Å². The second-order valence-corrected chi connectivity index (χ2v) is 8.72. The van der Waals surface area contributed by atoms with Crippen LogP contribution in [0, 0.1) is 17.0 Å². The molecule has 0 aliphatic heterocycles. The van der Waals surface area contributed by atoms with Gasteiger partial charge in [-0.15, -0.1) is 11.3 Å². The van der Waals surface area contributed by atoms with Crippen LogP contribution in [0.15, 0.2) is 75.3 Å². The minimum absolute atomic E-state index is 0.109. The fourth-order valence-corrected chi connectivity index (χ4v) is 4.29. The third-order valence-corrected chi connectivity index (χ3v) is 6.25. The molecule has 4 heterocycles. The molecule has 0 atom stereocenters. The fraction of sp³-hybridized carbons (Fsp3) is 0.0833. The zero-order chi connectivity index (χ0) is 25.2. The molecule has 1 amide bonds. The van der Waals surface area contributed by atoms with Crippen LogP contribution in [0.4, 0.5) is 11.7 Å². The van der Waals surface area contributed by atoms with E-state index in [0.29, 0.717) is 23.4 Å². The summed E-state index contributed by atoms with van der Waals surface area (Å²) in [6, 6.07) is 17.2. The zero-order valence-electron chi connectivity index (χ0n) is 18.8. The van der Waals surface area contributed by atoms with Gasteiger partial charge in [-0.3, -0.25) is 24.7 Å². The molecule has 5 aromatic rings. The molecule has 0 unspecified atom stereocenters. The molecule has 36 heavy (non-hydrogen) atoms. The molecule has 2 N–H and O–H groups in total. The van der Waals surface area contributed by atoms with Gasteiger partial charge in [-0.25, -0.2) is 4.98 Å². The van der Waals surface area contributed by atoms with Crippen molar-refractivity contribution < 1.29 is 14.1 Å². The Hall–Kier alpha value is -4.84. The molecule has 4 aromatic heterocycles. The Labute approximate surface area is 207 Å². The molecule has 0 radical (unpaired) electrons. The van der Waals surface area contributed by atoms with Gasteiger partial charge in [-0.1, -0.05) is 36.4 Å². The number of nitrogens with zero attached hydrogens (tertiary/aromatic N) is 4. The molecule has 180 valence electrons. The van der Waals surface area contributed by atoms with Crippen molar-refractivity contribution in [2.45, 2.75) is 13.3 Å². The highest BCUT2D eigenvalue weighted by Gasteiger charge is 2.21. The van der Waals surface area contributed by atoms with Crippen LogP contribution < -0.4 is 10.9 Å². The molecule has 0 aliphatic rings. The van der Waals surface area contributed by atoms with Gasteiger partial charge in [0.25, 0.3) is 11.5 Å². The lowest BCUT2D eigenvalue weighted by molar-refractivity contribution is -0.402. The SMILES string of the molecule is Cc1nc(-n2nc(-c3cccs3)cc2NC(=O)c2ccc([N+](=O)[O-])o2)[nH]c(=O)c1Cc1ccccc1. The van der Waals surface area contributed by atoms with Gasteiger partial charge in [0.05, 0.1) is 16.6 Å². The number of thiophene rings is 1. The Morgan fingerprint density at radius 2 is 2.00 bits per heavy atom. The normalized spacial score (nSPS) is 10.9. The number of carbonyl (C=O) groups is 1. The molecular formula is C24H18N6O5S. The van der Waals surface area contributed by atoms with Crippen molar-refractivity contribution in [2.24, 2.45) is 0 Å². The molecule has 0 bridgehead atoms. The lowest BCUT2D eigenvalue weighted by Crippen LogP contribution is -2.22. The molecule has 5 rings (SSSR count). The minimum Gasteiger partial charge on any atom is -0.395 e. The highest BCUT2D eigenvalue weighted by Crippen LogP contribution is 2.28. The zero-order valence-corrected chi connectivity index (χ0v) is 19.6. The van der Waals surface area contributed by atoms with E-state index in [1.165, 1.54) is 22.1 Å². The van der Waals surface area contributed by atoms with Crippen molar-refractivity contribution in [3.63, 3.8) is 0 Å². The summed E-state index contributed by atoms with van der Waals surface area (Å²) in [5, 5.41) is 20.0. The van der Waals surface area contributed by atoms with Crippen LogP contribution >= 0.6 is 11.3 Å². The quantitative estimate of drug-likeness (QED) is 0.248. The van der Waals surface area contributed by atoms with Gasteiger partial charge in [-0.05, 0) is 30.0 Å². The number of H-pyrrole nitrogens is 1. The summed E-state index contributed by atoms with van der Waals surface area (Å²) in [7, 11) is 0. The lowest BCUT2D eigenvalue weighted by atomic mass is 10.1. The van der Waals surface area contributed by atoms with E-state index in [4.69, 9.17) is 4.42 Å². The maximum absolute atomic E-state index is 13.0. The van der Waals surface area contributed by atoms with Crippen LogP contribution in [0.5, 0.6) is 0 Å². The predicted octanol–water partition coefficient (Wildman–Crippen LogP) is 4.34. The van der Waals surface area contributed by atoms with E-state index in [0.717, 1.165) is 16.5 Å². The van der Waals surface area contributed by atoms with Crippen LogP contribution in [0.3, 0.4) is 0 Å². The molecule has 11 nitrogen and oxygen atoms in total. The molecule has 0 saturated heterocycles. The number of rotatable bonds is 7. The average Bonchev–Trinajstić information content (AvgIpc) is 3.63. The number of aromatic nitrogens is 4. The van der Waals surface area contributed by atoms with Gasteiger partial charge in [0.15, 0.2) is 5.76 Å². The van der Waals surface area contributed by atoms with E-state index in [2.05, 4.69) is 20.4 Å². The Morgan fingerprint density at radius 1 is 1.19 bits per heavy atom. The van der Waals surface area contributed by atoms with E-state index in [1.807, 2.05) is 47.8 Å².